The Hall–Kier alpha value is -0.280. The van der Waals surface area contributed by atoms with E-state index >= 15 is 0 Å². The summed E-state index contributed by atoms with van der Waals surface area (Å²) in [5.74, 6) is 3.18. The summed E-state index contributed by atoms with van der Waals surface area (Å²) >= 11 is 0. The number of halogens is 1. The second-order valence-corrected chi connectivity index (χ2v) is 6.55. The Morgan fingerprint density at radius 1 is 1.11 bits per heavy atom. The average molecular weight is 287 g/mol. The number of fused-ring (bicyclic) bond motifs is 1. The maximum atomic E-state index is 12.5. The van der Waals surface area contributed by atoms with E-state index in [-0.39, 0.29) is 12.4 Å². The minimum Gasteiger partial charge on any atom is -0.342 e. The highest BCUT2D eigenvalue weighted by atomic mass is 35.5. The normalized spacial score (nSPS) is 37.8. The third kappa shape index (κ3) is 3.08. The van der Waals surface area contributed by atoms with E-state index in [0.29, 0.717) is 11.8 Å². The van der Waals surface area contributed by atoms with E-state index in [1.807, 2.05) is 0 Å². The van der Waals surface area contributed by atoms with Crippen LogP contribution in [-0.4, -0.2) is 37.0 Å². The van der Waals surface area contributed by atoms with E-state index in [9.17, 15) is 4.79 Å². The summed E-state index contributed by atoms with van der Waals surface area (Å²) in [5, 5.41) is 3.44. The Morgan fingerprint density at radius 3 is 2.21 bits per heavy atom. The fourth-order valence-electron chi connectivity index (χ4n) is 4.11. The van der Waals surface area contributed by atoms with Gasteiger partial charge in [0.15, 0.2) is 0 Å². The number of carbonyl (C=O) groups excluding carboxylic acids is 1. The lowest BCUT2D eigenvalue weighted by Gasteiger charge is -2.30. The van der Waals surface area contributed by atoms with Crippen molar-refractivity contribution in [2.24, 2.45) is 23.7 Å². The van der Waals surface area contributed by atoms with E-state index in [1.165, 1.54) is 19.3 Å². The smallest absolute Gasteiger partial charge is 0.225 e. The van der Waals surface area contributed by atoms with Crippen molar-refractivity contribution in [3.8, 4) is 0 Å². The van der Waals surface area contributed by atoms with Crippen LogP contribution in [0.3, 0.4) is 0 Å². The van der Waals surface area contributed by atoms with E-state index < -0.39 is 0 Å². The van der Waals surface area contributed by atoms with Crippen molar-refractivity contribution in [2.45, 2.75) is 39.0 Å². The third-order valence-corrected chi connectivity index (χ3v) is 5.47. The highest BCUT2D eigenvalue weighted by Crippen LogP contribution is 2.34. The highest BCUT2D eigenvalue weighted by Gasteiger charge is 2.40. The first kappa shape index (κ1) is 15.1. The SMILES string of the molecule is CCC1CCC(C(=O)N2C[C@H]3CNC[C@H]3C2)CC1.Cl. The molecule has 0 spiro atoms. The molecule has 2 heterocycles. The first-order valence-electron chi connectivity index (χ1n) is 7.77. The predicted octanol–water partition coefficient (Wildman–Crippen LogP) is 2.30. The zero-order valence-electron chi connectivity index (χ0n) is 11.9. The molecule has 0 radical (unpaired) electrons. The van der Waals surface area contributed by atoms with Crippen molar-refractivity contribution in [3.63, 3.8) is 0 Å². The topological polar surface area (TPSA) is 32.3 Å². The van der Waals surface area contributed by atoms with Gasteiger partial charge in [0, 0.05) is 32.1 Å². The van der Waals surface area contributed by atoms with Crippen LogP contribution in [0.1, 0.15) is 39.0 Å². The lowest BCUT2D eigenvalue weighted by molar-refractivity contribution is -0.136. The van der Waals surface area contributed by atoms with Crippen LogP contribution in [0.4, 0.5) is 0 Å². The van der Waals surface area contributed by atoms with E-state index in [2.05, 4.69) is 17.1 Å². The van der Waals surface area contributed by atoms with Crippen molar-refractivity contribution in [1.29, 1.82) is 0 Å². The second kappa shape index (κ2) is 6.45. The van der Waals surface area contributed by atoms with E-state index in [1.54, 1.807) is 0 Å². The minimum atomic E-state index is 0. The number of carbonyl (C=O) groups is 1. The number of rotatable bonds is 2. The van der Waals surface area contributed by atoms with Gasteiger partial charge < -0.3 is 10.2 Å². The van der Waals surface area contributed by atoms with Crippen molar-refractivity contribution in [1.82, 2.24) is 10.2 Å². The van der Waals surface area contributed by atoms with Crippen molar-refractivity contribution in [3.05, 3.63) is 0 Å². The van der Waals surface area contributed by atoms with Crippen LogP contribution < -0.4 is 5.32 Å². The zero-order chi connectivity index (χ0) is 12.5. The maximum Gasteiger partial charge on any atom is 0.225 e. The van der Waals surface area contributed by atoms with Crippen LogP contribution in [0.5, 0.6) is 0 Å². The van der Waals surface area contributed by atoms with Gasteiger partial charge in [-0.2, -0.15) is 0 Å². The molecule has 3 nitrogen and oxygen atoms in total. The van der Waals surface area contributed by atoms with Gasteiger partial charge in [-0.05, 0) is 43.4 Å². The molecule has 0 aromatic heterocycles. The fraction of sp³-hybridized carbons (Fsp3) is 0.933. The number of hydrogen-bond acceptors (Lipinski definition) is 2. The number of amides is 1. The van der Waals surface area contributed by atoms with Gasteiger partial charge in [0.1, 0.15) is 0 Å². The summed E-state index contributed by atoms with van der Waals surface area (Å²) in [7, 11) is 0. The van der Waals surface area contributed by atoms with Crippen molar-refractivity contribution >= 4 is 18.3 Å². The standard InChI is InChI=1S/C15H26N2O.ClH/c1-2-11-3-5-12(6-4-11)15(18)17-9-13-7-16-8-14(13)10-17;/h11-14,16H,2-10H2,1H3;1H/t11?,12?,13-,14+;. The Balaban J connectivity index is 0.00000133. The third-order valence-electron chi connectivity index (χ3n) is 5.47. The van der Waals surface area contributed by atoms with Crippen LogP contribution in [-0.2, 0) is 4.79 Å². The van der Waals surface area contributed by atoms with E-state index in [0.717, 1.165) is 56.8 Å². The molecule has 2 aliphatic heterocycles. The monoisotopic (exact) mass is 286 g/mol. The van der Waals surface area contributed by atoms with Crippen molar-refractivity contribution in [2.75, 3.05) is 26.2 Å². The van der Waals surface area contributed by atoms with Crippen LogP contribution in [0.2, 0.25) is 0 Å². The van der Waals surface area contributed by atoms with Gasteiger partial charge in [0.25, 0.3) is 0 Å². The number of hydrogen-bond donors (Lipinski definition) is 1. The Morgan fingerprint density at radius 2 is 1.68 bits per heavy atom. The maximum absolute atomic E-state index is 12.5. The molecule has 1 aliphatic carbocycles. The molecule has 3 aliphatic rings. The first-order chi connectivity index (χ1) is 8.78. The highest BCUT2D eigenvalue weighted by molar-refractivity contribution is 5.85. The molecular weight excluding hydrogens is 260 g/mol. The molecule has 2 atom stereocenters. The van der Waals surface area contributed by atoms with Gasteiger partial charge in [0.05, 0.1) is 0 Å². The predicted molar refractivity (Wildman–Crippen MR) is 79.4 cm³/mol. The Labute approximate surface area is 122 Å². The zero-order valence-corrected chi connectivity index (χ0v) is 12.8. The Kier molecular flexibility index (Phi) is 5.13. The molecule has 0 aromatic rings. The summed E-state index contributed by atoms with van der Waals surface area (Å²) in [6.07, 6.45) is 6.12. The molecule has 0 unspecified atom stereocenters. The summed E-state index contributed by atoms with van der Waals surface area (Å²) in [5.41, 5.74) is 0. The first-order valence-corrected chi connectivity index (χ1v) is 7.77. The van der Waals surface area contributed by atoms with E-state index in [4.69, 9.17) is 0 Å². The molecule has 3 fully saturated rings. The summed E-state index contributed by atoms with van der Waals surface area (Å²) in [4.78, 5) is 14.7. The van der Waals surface area contributed by atoms with Gasteiger partial charge >= 0.3 is 0 Å². The van der Waals surface area contributed by atoms with Gasteiger partial charge in [-0.25, -0.2) is 0 Å². The molecule has 0 bridgehead atoms. The molecule has 110 valence electrons. The molecule has 2 saturated heterocycles. The largest absolute Gasteiger partial charge is 0.342 e. The molecule has 1 amide bonds. The van der Waals surface area contributed by atoms with Gasteiger partial charge in [-0.1, -0.05) is 13.3 Å². The van der Waals surface area contributed by atoms with Crippen LogP contribution in [0.25, 0.3) is 0 Å². The quantitative estimate of drug-likeness (QED) is 0.845. The van der Waals surface area contributed by atoms with Crippen LogP contribution >= 0.6 is 12.4 Å². The molecule has 1 saturated carbocycles. The average Bonchev–Trinajstić information content (AvgIpc) is 2.99. The minimum absolute atomic E-state index is 0. The van der Waals surface area contributed by atoms with Crippen LogP contribution in [0.15, 0.2) is 0 Å². The number of likely N-dealkylation sites (tertiary alicyclic amines) is 1. The van der Waals surface area contributed by atoms with Crippen LogP contribution in [0, 0.1) is 23.7 Å². The Bertz CT molecular complexity index is 303. The van der Waals surface area contributed by atoms with Crippen molar-refractivity contribution < 1.29 is 4.79 Å². The molecule has 4 heteroatoms. The lowest BCUT2D eigenvalue weighted by Crippen LogP contribution is -2.37. The summed E-state index contributed by atoms with van der Waals surface area (Å²) in [6, 6.07) is 0. The summed E-state index contributed by atoms with van der Waals surface area (Å²) < 4.78 is 0. The van der Waals surface area contributed by atoms with Gasteiger partial charge in [-0.3, -0.25) is 4.79 Å². The summed E-state index contributed by atoms with van der Waals surface area (Å²) in [6.45, 7) is 6.56. The molecule has 0 aromatic carbocycles. The number of nitrogens with one attached hydrogen (secondary N) is 1. The molecule has 3 rings (SSSR count). The second-order valence-electron chi connectivity index (χ2n) is 6.55. The molecule has 19 heavy (non-hydrogen) atoms. The molecule has 1 N–H and O–H groups in total. The van der Waals surface area contributed by atoms with Gasteiger partial charge in [-0.15, -0.1) is 12.4 Å². The lowest BCUT2D eigenvalue weighted by atomic mass is 9.80. The fourth-order valence-corrected chi connectivity index (χ4v) is 4.11. The molecular formula is C15H27ClN2O. The van der Waals surface area contributed by atoms with Gasteiger partial charge in [0.2, 0.25) is 5.91 Å². The number of nitrogens with zero attached hydrogens (tertiary/aromatic N) is 1.